The van der Waals surface area contributed by atoms with Crippen LogP contribution < -0.4 is 0 Å². The van der Waals surface area contributed by atoms with Gasteiger partial charge in [-0.15, -0.1) is 0 Å². The number of para-hydroxylation sites is 3. The van der Waals surface area contributed by atoms with Gasteiger partial charge in [-0.25, -0.2) is 0 Å². The molecule has 0 saturated heterocycles. The van der Waals surface area contributed by atoms with Crippen molar-refractivity contribution in [2.75, 3.05) is 0 Å². The number of rotatable bonds is 2. The third-order valence-corrected chi connectivity index (χ3v) is 9.66. The first-order valence-electron chi connectivity index (χ1n) is 14.6. The van der Waals surface area contributed by atoms with Crippen molar-refractivity contribution in [3.05, 3.63) is 132 Å². The molecule has 3 nitrogen and oxygen atoms in total. The lowest BCUT2D eigenvalue weighted by atomic mass is 9.76. The Morgan fingerprint density at radius 1 is 0.476 bits per heavy atom. The Labute approximate surface area is 241 Å². The van der Waals surface area contributed by atoms with E-state index in [-0.39, 0.29) is 5.41 Å². The fourth-order valence-corrected chi connectivity index (χ4v) is 7.95. The van der Waals surface area contributed by atoms with Gasteiger partial charge >= 0.3 is 0 Å². The van der Waals surface area contributed by atoms with Crippen molar-refractivity contribution in [1.82, 2.24) is 9.13 Å². The Kier molecular flexibility index (Phi) is 4.01. The molecule has 0 N–H and O–H groups in total. The predicted molar refractivity (Wildman–Crippen MR) is 175 cm³/mol. The summed E-state index contributed by atoms with van der Waals surface area (Å²) in [5.41, 5.74) is 11.4. The largest absolute Gasteiger partial charge is 0.454 e. The highest BCUT2D eigenvalue weighted by atomic mass is 16.3. The third kappa shape index (κ3) is 2.50. The van der Waals surface area contributed by atoms with Gasteiger partial charge < -0.3 is 13.6 Å². The Balaban J connectivity index is 1.65. The zero-order valence-corrected chi connectivity index (χ0v) is 23.3. The van der Waals surface area contributed by atoms with Crippen molar-refractivity contribution in [2.24, 2.45) is 0 Å². The van der Waals surface area contributed by atoms with Crippen LogP contribution in [0.1, 0.15) is 25.0 Å². The number of hydrogen-bond acceptors (Lipinski definition) is 1. The molecule has 9 aromatic rings. The van der Waals surface area contributed by atoms with E-state index in [4.69, 9.17) is 4.42 Å². The Morgan fingerprint density at radius 3 is 1.81 bits per heavy atom. The van der Waals surface area contributed by atoms with Gasteiger partial charge in [0.1, 0.15) is 5.58 Å². The second-order valence-electron chi connectivity index (χ2n) is 12.1. The van der Waals surface area contributed by atoms with E-state index in [1.165, 1.54) is 65.7 Å². The van der Waals surface area contributed by atoms with E-state index >= 15 is 0 Å². The third-order valence-electron chi connectivity index (χ3n) is 9.66. The number of furan rings is 1. The van der Waals surface area contributed by atoms with E-state index in [1.54, 1.807) is 0 Å². The minimum absolute atomic E-state index is 0.216. The Hall–Kier alpha value is -5.28. The van der Waals surface area contributed by atoms with Gasteiger partial charge in [0.25, 0.3) is 0 Å². The van der Waals surface area contributed by atoms with Crippen LogP contribution in [0.3, 0.4) is 0 Å². The zero-order valence-electron chi connectivity index (χ0n) is 23.3. The minimum atomic E-state index is -0.216. The van der Waals surface area contributed by atoms with E-state index in [2.05, 4.69) is 144 Å². The van der Waals surface area contributed by atoms with Crippen molar-refractivity contribution < 1.29 is 4.42 Å². The van der Waals surface area contributed by atoms with Gasteiger partial charge in [0, 0.05) is 49.1 Å². The number of hydrogen-bond donors (Lipinski definition) is 0. The molecule has 0 bridgehead atoms. The zero-order chi connectivity index (χ0) is 27.7. The molecule has 0 unspecified atom stereocenters. The van der Waals surface area contributed by atoms with Crippen LogP contribution >= 0.6 is 0 Å². The van der Waals surface area contributed by atoms with E-state index in [1.807, 2.05) is 0 Å². The molecule has 0 fully saturated rings. The first kappa shape index (κ1) is 22.4. The Morgan fingerprint density at radius 2 is 1.07 bits per heavy atom. The summed E-state index contributed by atoms with van der Waals surface area (Å²) in [7, 11) is 0. The molecular weight excluding hydrogens is 512 g/mol. The van der Waals surface area contributed by atoms with E-state index < -0.39 is 0 Å². The van der Waals surface area contributed by atoms with Crippen molar-refractivity contribution in [3.8, 4) is 11.4 Å². The van der Waals surface area contributed by atoms with Crippen LogP contribution in [-0.4, -0.2) is 9.13 Å². The quantitative estimate of drug-likeness (QED) is 0.215. The van der Waals surface area contributed by atoms with Crippen LogP contribution in [0.5, 0.6) is 0 Å². The summed E-state index contributed by atoms with van der Waals surface area (Å²) in [5, 5.41) is 7.52. The lowest BCUT2D eigenvalue weighted by Crippen LogP contribution is -2.19. The van der Waals surface area contributed by atoms with Crippen LogP contribution in [-0.2, 0) is 5.41 Å². The molecule has 0 radical (unpaired) electrons. The van der Waals surface area contributed by atoms with Gasteiger partial charge in [-0.05, 0) is 53.6 Å². The lowest BCUT2D eigenvalue weighted by molar-refractivity contribution is 0.648. The number of aromatic nitrogens is 2. The van der Waals surface area contributed by atoms with Crippen LogP contribution in [0.2, 0.25) is 0 Å². The second-order valence-corrected chi connectivity index (χ2v) is 12.1. The minimum Gasteiger partial charge on any atom is -0.454 e. The highest BCUT2D eigenvalue weighted by Gasteiger charge is 2.36. The van der Waals surface area contributed by atoms with Gasteiger partial charge in [0.15, 0.2) is 5.58 Å². The van der Waals surface area contributed by atoms with Crippen LogP contribution in [0.15, 0.2) is 126 Å². The highest BCUT2D eigenvalue weighted by molar-refractivity contribution is 6.40. The summed E-state index contributed by atoms with van der Waals surface area (Å²) in [6.07, 6.45) is 0. The molecule has 0 amide bonds. The van der Waals surface area contributed by atoms with Crippen molar-refractivity contribution in [2.45, 2.75) is 19.3 Å². The molecule has 0 atom stereocenters. The first-order valence-corrected chi connectivity index (χ1v) is 14.6. The average Bonchev–Trinajstić information content (AvgIpc) is 3.67. The first-order chi connectivity index (χ1) is 20.6. The van der Waals surface area contributed by atoms with E-state index in [9.17, 15) is 0 Å². The summed E-state index contributed by atoms with van der Waals surface area (Å²) >= 11 is 0. The maximum absolute atomic E-state index is 7.00. The van der Waals surface area contributed by atoms with Crippen molar-refractivity contribution >= 4 is 65.6 Å². The van der Waals surface area contributed by atoms with E-state index in [0.717, 1.165) is 22.4 Å². The molecule has 1 aliphatic rings. The molecule has 10 rings (SSSR count). The van der Waals surface area contributed by atoms with E-state index in [0.29, 0.717) is 0 Å². The second kappa shape index (κ2) is 7.51. The molecule has 3 heterocycles. The maximum Gasteiger partial charge on any atom is 0.160 e. The molecule has 198 valence electrons. The molecule has 0 spiro atoms. The van der Waals surface area contributed by atoms with Gasteiger partial charge in [0.05, 0.1) is 22.1 Å². The normalized spacial score (nSPS) is 14.1. The average molecular weight is 539 g/mol. The van der Waals surface area contributed by atoms with Crippen LogP contribution in [0.4, 0.5) is 0 Å². The van der Waals surface area contributed by atoms with Crippen molar-refractivity contribution in [3.63, 3.8) is 0 Å². The molecule has 1 aliphatic carbocycles. The van der Waals surface area contributed by atoms with Crippen molar-refractivity contribution in [1.29, 1.82) is 0 Å². The predicted octanol–water partition coefficient (Wildman–Crippen LogP) is 10.4. The summed E-state index contributed by atoms with van der Waals surface area (Å²) in [6.45, 7) is 4.73. The molecule has 42 heavy (non-hydrogen) atoms. The number of nitrogens with zero attached hydrogens (tertiary/aromatic N) is 2. The fourth-order valence-electron chi connectivity index (χ4n) is 7.95. The molecule has 0 aliphatic heterocycles. The topological polar surface area (TPSA) is 23.0 Å². The molecule has 0 saturated carbocycles. The van der Waals surface area contributed by atoms with Crippen LogP contribution in [0, 0.1) is 0 Å². The maximum atomic E-state index is 7.00. The monoisotopic (exact) mass is 538 g/mol. The van der Waals surface area contributed by atoms with Gasteiger partial charge in [-0.2, -0.15) is 0 Å². The molecule has 6 aromatic carbocycles. The Bertz CT molecular complexity index is 2580. The summed E-state index contributed by atoms with van der Waals surface area (Å²) in [5.74, 6) is 0. The SMILES string of the molecule is CC1(C)c2cccc3oc4c(c23)c2c3c1cccc3n(-c1ccccc1)c2c1c2ccccc2n(-c2ccccc2)c41. The van der Waals surface area contributed by atoms with Gasteiger partial charge in [0.2, 0.25) is 0 Å². The highest BCUT2D eigenvalue weighted by Crippen LogP contribution is 2.55. The van der Waals surface area contributed by atoms with Crippen LogP contribution in [0.25, 0.3) is 76.9 Å². The fraction of sp³-hybridized carbons (Fsp3) is 0.0769. The summed E-state index contributed by atoms with van der Waals surface area (Å²) in [6, 6.07) is 43.8. The molecule has 3 heteroatoms. The van der Waals surface area contributed by atoms with Gasteiger partial charge in [-0.3, -0.25) is 0 Å². The molecule has 3 aromatic heterocycles. The number of fused-ring (bicyclic) bond motifs is 5. The molecular formula is C39H26N2O. The summed E-state index contributed by atoms with van der Waals surface area (Å²) in [4.78, 5) is 0. The standard InChI is InChI=1S/C39H26N2O/c1-39(2)26-18-11-21-29-32(26)34-35-33-27(39)19-12-22-30(33)42-38(35)37-31(36(34)41(29)24-15-7-4-8-16-24)25-17-9-10-20-28(25)40(37)23-13-5-3-6-14-23/h3-22H,1-2H3. The number of benzene rings is 6. The summed E-state index contributed by atoms with van der Waals surface area (Å²) < 4.78 is 11.9. The smallest absolute Gasteiger partial charge is 0.160 e. The van der Waals surface area contributed by atoms with Gasteiger partial charge in [-0.1, -0.05) is 92.7 Å². The lowest BCUT2D eigenvalue weighted by Gasteiger charge is -2.27.